The van der Waals surface area contributed by atoms with Crippen LogP contribution in [0.5, 0.6) is 5.75 Å². The monoisotopic (exact) mass is 434 g/mol. The molecule has 1 aliphatic heterocycles. The van der Waals surface area contributed by atoms with Crippen LogP contribution in [0.2, 0.25) is 0 Å². The number of ether oxygens (including phenoxy) is 1. The fourth-order valence-electron chi connectivity index (χ4n) is 4.20. The molecule has 0 saturated carbocycles. The SMILES string of the molecule is COc1ccccc1NC(=O)C1c2ccccc2C(=O)N(CC(C)C)C1c1cccs1. The van der Waals surface area contributed by atoms with Crippen LogP contribution in [0.1, 0.15) is 46.6 Å². The van der Waals surface area contributed by atoms with Crippen molar-refractivity contribution >= 4 is 28.8 Å². The van der Waals surface area contributed by atoms with E-state index < -0.39 is 5.92 Å². The zero-order valence-electron chi connectivity index (χ0n) is 17.9. The Morgan fingerprint density at radius 2 is 1.84 bits per heavy atom. The minimum atomic E-state index is -0.531. The number of nitrogens with zero attached hydrogens (tertiary/aromatic N) is 1. The van der Waals surface area contributed by atoms with Gasteiger partial charge in [0.05, 0.1) is 24.8 Å². The van der Waals surface area contributed by atoms with Crippen LogP contribution in [-0.4, -0.2) is 30.4 Å². The quantitative estimate of drug-likeness (QED) is 0.570. The van der Waals surface area contributed by atoms with Gasteiger partial charge in [-0.25, -0.2) is 0 Å². The maximum Gasteiger partial charge on any atom is 0.254 e. The largest absolute Gasteiger partial charge is 0.495 e. The summed E-state index contributed by atoms with van der Waals surface area (Å²) in [6, 6.07) is 18.4. The molecule has 1 aromatic heterocycles. The van der Waals surface area contributed by atoms with Crippen molar-refractivity contribution in [3.63, 3.8) is 0 Å². The molecule has 0 aliphatic carbocycles. The highest BCUT2D eigenvalue weighted by Gasteiger charge is 2.44. The predicted molar refractivity (Wildman–Crippen MR) is 124 cm³/mol. The Morgan fingerprint density at radius 1 is 1.10 bits per heavy atom. The third-order valence-electron chi connectivity index (χ3n) is 5.48. The molecule has 1 N–H and O–H groups in total. The molecule has 0 spiro atoms. The number of carbonyl (C=O) groups is 2. The standard InChI is InChI=1S/C25H26N2O3S/c1-16(2)15-27-23(21-13-8-14-31-21)22(17-9-4-5-10-18(17)25(27)29)24(28)26-19-11-6-7-12-20(19)30-3/h4-14,16,22-23H,15H2,1-3H3,(H,26,28). The molecule has 31 heavy (non-hydrogen) atoms. The Hall–Kier alpha value is -3.12. The second-order valence-electron chi connectivity index (χ2n) is 8.07. The third-order valence-corrected chi connectivity index (χ3v) is 6.43. The molecule has 160 valence electrons. The van der Waals surface area contributed by atoms with Gasteiger partial charge in [-0.1, -0.05) is 50.2 Å². The van der Waals surface area contributed by atoms with Crippen LogP contribution >= 0.6 is 11.3 Å². The van der Waals surface area contributed by atoms with Gasteiger partial charge < -0.3 is 15.0 Å². The van der Waals surface area contributed by atoms with E-state index in [9.17, 15) is 9.59 Å². The topological polar surface area (TPSA) is 58.6 Å². The summed E-state index contributed by atoms with van der Waals surface area (Å²) in [5.41, 5.74) is 1.97. The maximum atomic E-state index is 13.7. The van der Waals surface area contributed by atoms with Crippen LogP contribution in [0.3, 0.4) is 0 Å². The van der Waals surface area contributed by atoms with E-state index in [1.165, 1.54) is 0 Å². The van der Waals surface area contributed by atoms with Gasteiger partial charge >= 0.3 is 0 Å². The minimum absolute atomic E-state index is 0.0240. The lowest BCUT2D eigenvalue weighted by Crippen LogP contribution is -2.47. The van der Waals surface area contributed by atoms with E-state index in [-0.39, 0.29) is 23.8 Å². The Bertz CT molecular complexity index is 1080. The lowest BCUT2D eigenvalue weighted by atomic mass is 9.81. The number of fused-ring (bicyclic) bond motifs is 1. The fraction of sp³-hybridized carbons (Fsp3) is 0.280. The molecular formula is C25H26N2O3S. The molecule has 0 fully saturated rings. The number of carbonyl (C=O) groups excluding carboxylic acids is 2. The van der Waals surface area contributed by atoms with Crippen LogP contribution in [-0.2, 0) is 4.79 Å². The molecule has 3 aromatic rings. The fourth-order valence-corrected chi connectivity index (χ4v) is 5.08. The third kappa shape index (κ3) is 4.08. The van der Waals surface area contributed by atoms with Crippen molar-refractivity contribution < 1.29 is 14.3 Å². The summed E-state index contributed by atoms with van der Waals surface area (Å²) in [5.74, 6) is 0.161. The van der Waals surface area contributed by atoms with Crippen molar-refractivity contribution in [2.45, 2.75) is 25.8 Å². The second kappa shape index (κ2) is 8.94. The molecule has 0 saturated heterocycles. The average Bonchev–Trinajstić information content (AvgIpc) is 3.30. The lowest BCUT2D eigenvalue weighted by Gasteiger charge is -2.42. The first-order valence-corrected chi connectivity index (χ1v) is 11.3. The van der Waals surface area contributed by atoms with Crippen LogP contribution in [0.4, 0.5) is 5.69 Å². The zero-order valence-corrected chi connectivity index (χ0v) is 18.7. The van der Waals surface area contributed by atoms with Gasteiger partial charge in [0.1, 0.15) is 5.75 Å². The maximum absolute atomic E-state index is 13.7. The number of benzene rings is 2. The summed E-state index contributed by atoms with van der Waals surface area (Å²) in [7, 11) is 1.58. The number of amides is 2. The first kappa shape index (κ1) is 21.1. The first-order valence-electron chi connectivity index (χ1n) is 10.4. The average molecular weight is 435 g/mol. The molecule has 6 heteroatoms. The molecule has 0 bridgehead atoms. The van der Waals surface area contributed by atoms with Gasteiger partial charge in [0.15, 0.2) is 0 Å². The van der Waals surface area contributed by atoms with Crippen molar-refractivity contribution in [1.29, 1.82) is 0 Å². The minimum Gasteiger partial charge on any atom is -0.495 e. The van der Waals surface area contributed by atoms with E-state index >= 15 is 0 Å². The molecule has 4 rings (SSSR count). The summed E-state index contributed by atoms with van der Waals surface area (Å²) in [6.45, 7) is 4.75. The van der Waals surface area contributed by atoms with Gasteiger partial charge in [-0.05, 0) is 41.1 Å². The smallest absolute Gasteiger partial charge is 0.254 e. The predicted octanol–water partition coefficient (Wildman–Crippen LogP) is 5.33. The van der Waals surface area contributed by atoms with Crippen LogP contribution in [0.15, 0.2) is 66.0 Å². The number of hydrogen-bond donors (Lipinski definition) is 1. The summed E-state index contributed by atoms with van der Waals surface area (Å²) in [6.07, 6.45) is 0. The van der Waals surface area contributed by atoms with Crippen LogP contribution < -0.4 is 10.1 Å². The molecule has 2 heterocycles. The van der Waals surface area contributed by atoms with E-state index in [0.717, 1.165) is 10.4 Å². The van der Waals surface area contributed by atoms with Crippen molar-refractivity contribution in [2.75, 3.05) is 19.0 Å². The zero-order chi connectivity index (χ0) is 22.0. The normalized spacial score (nSPS) is 18.1. The highest BCUT2D eigenvalue weighted by Crippen LogP contribution is 2.45. The van der Waals surface area contributed by atoms with Gasteiger partial charge in [0.25, 0.3) is 5.91 Å². The van der Waals surface area contributed by atoms with Crippen molar-refractivity contribution in [1.82, 2.24) is 4.90 Å². The number of anilines is 1. The van der Waals surface area contributed by atoms with E-state index in [1.54, 1.807) is 18.4 Å². The number of rotatable bonds is 6. The molecule has 5 nitrogen and oxygen atoms in total. The highest BCUT2D eigenvalue weighted by molar-refractivity contribution is 7.10. The number of para-hydroxylation sites is 2. The number of nitrogens with one attached hydrogen (secondary N) is 1. The van der Waals surface area contributed by atoms with Crippen LogP contribution in [0.25, 0.3) is 0 Å². The summed E-state index contributed by atoms with van der Waals surface area (Å²) in [5, 5.41) is 5.04. The van der Waals surface area contributed by atoms with E-state index in [2.05, 4.69) is 19.2 Å². The Labute approximate surface area is 186 Å². The molecule has 2 unspecified atom stereocenters. The lowest BCUT2D eigenvalue weighted by molar-refractivity contribution is -0.119. The first-order chi connectivity index (χ1) is 15.0. The van der Waals surface area contributed by atoms with Gasteiger partial charge in [0, 0.05) is 17.0 Å². The van der Waals surface area contributed by atoms with Gasteiger partial charge in [-0.3, -0.25) is 9.59 Å². The molecular weight excluding hydrogens is 408 g/mol. The van der Waals surface area contributed by atoms with Gasteiger partial charge in [0.2, 0.25) is 5.91 Å². The number of hydrogen-bond acceptors (Lipinski definition) is 4. The summed E-state index contributed by atoms with van der Waals surface area (Å²) >= 11 is 1.57. The molecule has 2 aromatic carbocycles. The highest BCUT2D eigenvalue weighted by atomic mass is 32.1. The van der Waals surface area contributed by atoms with Crippen molar-refractivity contribution in [3.05, 3.63) is 82.0 Å². The molecule has 1 aliphatic rings. The molecule has 2 amide bonds. The number of methoxy groups -OCH3 is 1. The summed E-state index contributed by atoms with van der Waals surface area (Å²) in [4.78, 5) is 30.1. The summed E-state index contributed by atoms with van der Waals surface area (Å²) < 4.78 is 5.42. The van der Waals surface area contributed by atoms with Crippen molar-refractivity contribution in [3.8, 4) is 5.75 Å². The van der Waals surface area contributed by atoms with E-state index in [4.69, 9.17) is 4.74 Å². The van der Waals surface area contributed by atoms with E-state index in [0.29, 0.717) is 23.5 Å². The molecule has 0 radical (unpaired) electrons. The van der Waals surface area contributed by atoms with E-state index in [1.807, 2.05) is 70.9 Å². The van der Waals surface area contributed by atoms with Crippen molar-refractivity contribution in [2.24, 2.45) is 5.92 Å². The Kier molecular flexibility index (Phi) is 6.09. The van der Waals surface area contributed by atoms with Gasteiger partial charge in [-0.15, -0.1) is 11.3 Å². The Balaban J connectivity index is 1.82. The Morgan fingerprint density at radius 3 is 2.55 bits per heavy atom. The van der Waals surface area contributed by atoms with Crippen LogP contribution in [0, 0.1) is 5.92 Å². The number of thiophene rings is 1. The van der Waals surface area contributed by atoms with Gasteiger partial charge in [-0.2, -0.15) is 0 Å². The molecule has 2 atom stereocenters. The second-order valence-corrected chi connectivity index (χ2v) is 9.05.